The number of fused-ring (bicyclic) bond motifs is 1. The lowest BCUT2D eigenvalue weighted by molar-refractivity contribution is 0.0659. The highest BCUT2D eigenvalue weighted by Gasteiger charge is 2.35. The largest absolute Gasteiger partial charge is 0.486 e. The second-order valence-corrected chi connectivity index (χ2v) is 6.61. The molecule has 0 aromatic heterocycles. The Morgan fingerprint density at radius 1 is 1.50 bits per heavy atom. The van der Waals surface area contributed by atoms with Crippen molar-refractivity contribution in [2.24, 2.45) is 0 Å². The molecule has 0 amide bonds. The van der Waals surface area contributed by atoms with E-state index >= 15 is 0 Å². The second-order valence-electron chi connectivity index (χ2n) is 5.34. The first-order chi connectivity index (χ1) is 8.44. The second kappa shape index (κ2) is 5.40. The minimum atomic E-state index is -0.192. The summed E-state index contributed by atoms with van der Waals surface area (Å²) in [7, 11) is 0. The predicted octanol–water partition coefficient (Wildman–Crippen LogP) is 4.70. The summed E-state index contributed by atoms with van der Waals surface area (Å²) in [5.41, 5.74) is 0.957. The Morgan fingerprint density at radius 3 is 2.89 bits per heavy atom. The molecule has 1 atom stereocenters. The summed E-state index contributed by atoms with van der Waals surface area (Å²) in [6.07, 6.45) is 2.06. The van der Waals surface area contributed by atoms with Gasteiger partial charge in [-0.3, -0.25) is 0 Å². The normalized spacial score (nSPS) is 21.3. The van der Waals surface area contributed by atoms with Crippen molar-refractivity contribution in [1.29, 1.82) is 0 Å². The zero-order valence-corrected chi connectivity index (χ0v) is 13.4. The lowest BCUT2D eigenvalue weighted by Crippen LogP contribution is -2.40. The summed E-state index contributed by atoms with van der Waals surface area (Å²) in [6, 6.07) is 4.16. The van der Waals surface area contributed by atoms with Crippen molar-refractivity contribution in [1.82, 2.24) is 5.32 Å². The third-order valence-electron chi connectivity index (χ3n) is 3.16. The van der Waals surface area contributed by atoms with E-state index in [4.69, 9.17) is 16.3 Å². The van der Waals surface area contributed by atoms with E-state index in [2.05, 4.69) is 42.0 Å². The number of benzene rings is 1. The van der Waals surface area contributed by atoms with Gasteiger partial charge in [-0.2, -0.15) is 0 Å². The summed E-state index contributed by atoms with van der Waals surface area (Å²) in [5.74, 6) is 0.816. The molecule has 1 aliphatic heterocycles. The maximum absolute atomic E-state index is 6.27. The van der Waals surface area contributed by atoms with Crippen LogP contribution in [0.4, 0.5) is 0 Å². The average Bonchev–Trinajstić information content (AvgIpc) is 2.29. The van der Waals surface area contributed by atoms with E-state index in [1.807, 2.05) is 12.1 Å². The minimum absolute atomic E-state index is 0.192. The minimum Gasteiger partial charge on any atom is -0.486 e. The molecule has 0 saturated heterocycles. The van der Waals surface area contributed by atoms with Crippen molar-refractivity contribution in [2.45, 2.75) is 45.3 Å². The van der Waals surface area contributed by atoms with E-state index < -0.39 is 0 Å². The van der Waals surface area contributed by atoms with Crippen molar-refractivity contribution in [3.8, 4) is 5.75 Å². The molecule has 100 valence electrons. The zero-order chi connectivity index (χ0) is 13.3. The topological polar surface area (TPSA) is 21.3 Å². The van der Waals surface area contributed by atoms with E-state index in [9.17, 15) is 0 Å². The Labute approximate surface area is 122 Å². The Morgan fingerprint density at radius 2 is 2.22 bits per heavy atom. The van der Waals surface area contributed by atoms with Gasteiger partial charge < -0.3 is 10.1 Å². The molecule has 0 spiro atoms. The van der Waals surface area contributed by atoms with Crippen LogP contribution in [0, 0.1) is 0 Å². The van der Waals surface area contributed by atoms with E-state index in [0.717, 1.165) is 35.2 Å². The maximum Gasteiger partial charge on any atom is 0.144 e. The molecule has 4 heteroatoms. The number of halogens is 2. The van der Waals surface area contributed by atoms with E-state index in [-0.39, 0.29) is 11.6 Å². The molecule has 0 radical (unpaired) electrons. The molecular formula is C14H19BrClNO. The highest BCUT2D eigenvalue weighted by molar-refractivity contribution is 9.10. The van der Waals surface area contributed by atoms with Gasteiger partial charge in [0.1, 0.15) is 11.4 Å². The van der Waals surface area contributed by atoms with Crippen LogP contribution < -0.4 is 10.1 Å². The lowest BCUT2D eigenvalue weighted by atomic mass is 9.89. The molecular weight excluding hydrogens is 314 g/mol. The first-order valence-corrected chi connectivity index (χ1v) is 7.52. The van der Waals surface area contributed by atoms with Crippen LogP contribution in [-0.2, 0) is 0 Å². The molecule has 1 aliphatic rings. The van der Waals surface area contributed by atoms with Gasteiger partial charge in [-0.1, -0.05) is 34.5 Å². The van der Waals surface area contributed by atoms with Gasteiger partial charge in [0.15, 0.2) is 0 Å². The van der Waals surface area contributed by atoms with Crippen molar-refractivity contribution in [3.63, 3.8) is 0 Å². The Kier molecular flexibility index (Phi) is 4.25. The van der Waals surface area contributed by atoms with E-state index in [1.54, 1.807) is 0 Å². The molecule has 18 heavy (non-hydrogen) atoms. The predicted molar refractivity (Wildman–Crippen MR) is 79.5 cm³/mol. The molecule has 1 aromatic rings. The van der Waals surface area contributed by atoms with Gasteiger partial charge in [-0.05, 0) is 38.9 Å². The number of rotatable bonds is 3. The molecule has 0 saturated carbocycles. The lowest BCUT2D eigenvalue weighted by Gasteiger charge is -2.39. The van der Waals surface area contributed by atoms with Crippen molar-refractivity contribution < 1.29 is 4.74 Å². The highest BCUT2D eigenvalue weighted by atomic mass is 79.9. The monoisotopic (exact) mass is 331 g/mol. The number of ether oxygens (including phenoxy) is 1. The fourth-order valence-corrected chi connectivity index (χ4v) is 3.17. The third-order valence-corrected chi connectivity index (χ3v) is 4.15. The van der Waals surface area contributed by atoms with Gasteiger partial charge >= 0.3 is 0 Å². The van der Waals surface area contributed by atoms with Crippen LogP contribution in [0.25, 0.3) is 0 Å². The van der Waals surface area contributed by atoms with Crippen LogP contribution in [0.15, 0.2) is 16.6 Å². The van der Waals surface area contributed by atoms with Crippen LogP contribution >= 0.6 is 27.5 Å². The van der Waals surface area contributed by atoms with E-state index in [0.29, 0.717) is 5.02 Å². The Bertz CT molecular complexity index is 448. The SMILES string of the molecule is CCCNC1CC(C)(C)Oc2c(Cl)ccc(Br)c21. The molecule has 1 N–H and O–H groups in total. The third kappa shape index (κ3) is 2.84. The van der Waals surface area contributed by atoms with Gasteiger partial charge in [0, 0.05) is 22.5 Å². The summed E-state index contributed by atoms with van der Waals surface area (Å²) in [4.78, 5) is 0. The van der Waals surface area contributed by atoms with Crippen molar-refractivity contribution in [2.75, 3.05) is 6.54 Å². The Hall–Kier alpha value is -0.250. The quantitative estimate of drug-likeness (QED) is 0.866. The van der Waals surface area contributed by atoms with Gasteiger partial charge in [-0.15, -0.1) is 0 Å². The fourth-order valence-electron chi connectivity index (χ4n) is 2.38. The summed E-state index contributed by atoms with van der Waals surface area (Å²) in [5, 5.41) is 4.27. The Balaban J connectivity index is 2.43. The molecule has 0 bridgehead atoms. The molecule has 1 aromatic carbocycles. The first kappa shape index (κ1) is 14.2. The van der Waals surface area contributed by atoms with E-state index in [1.165, 1.54) is 0 Å². The summed E-state index contributed by atoms with van der Waals surface area (Å²) in [6.45, 7) is 7.38. The van der Waals surface area contributed by atoms with Crippen LogP contribution in [0.3, 0.4) is 0 Å². The summed E-state index contributed by atoms with van der Waals surface area (Å²) < 4.78 is 7.10. The smallest absolute Gasteiger partial charge is 0.144 e. The molecule has 1 heterocycles. The van der Waals surface area contributed by atoms with Crippen LogP contribution in [0.5, 0.6) is 5.75 Å². The number of hydrogen-bond donors (Lipinski definition) is 1. The van der Waals surface area contributed by atoms with Crippen LogP contribution in [0.1, 0.15) is 45.2 Å². The van der Waals surface area contributed by atoms with Gasteiger partial charge in [-0.25, -0.2) is 0 Å². The van der Waals surface area contributed by atoms with Crippen molar-refractivity contribution >= 4 is 27.5 Å². The standard InChI is InChI=1S/C14H19BrClNO/c1-4-7-17-11-8-14(2,3)18-13-10(16)6-5-9(15)12(11)13/h5-6,11,17H,4,7-8H2,1-3H3. The fraction of sp³-hybridized carbons (Fsp3) is 0.571. The molecule has 0 aliphatic carbocycles. The molecule has 2 rings (SSSR count). The van der Waals surface area contributed by atoms with Crippen LogP contribution in [-0.4, -0.2) is 12.1 Å². The highest BCUT2D eigenvalue weighted by Crippen LogP contribution is 2.46. The first-order valence-electron chi connectivity index (χ1n) is 6.35. The number of nitrogens with one attached hydrogen (secondary N) is 1. The van der Waals surface area contributed by atoms with Crippen molar-refractivity contribution in [3.05, 3.63) is 27.2 Å². The summed E-state index contributed by atoms with van der Waals surface area (Å²) >= 11 is 9.87. The average molecular weight is 333 g/mol. The maximum atomic E-state index is 6.27. The number of hydrogen-bond acceptors (Lipinski definition) is 2. The molecule has 1 unspecified atom stereocenters. The molecule has 0 fully saturated rings. The molecule has 2 nitrogen and oxygen atoms in total. The zero-order valence-electron chi connectivity index (χ0n) is 11.0. The van der Waals surface area contributed by atoms with Gasteiger partial charge in [0.2, 0.25) is 0 Å². The van der Waals surface area contributed by atoms with Crippen LogP contribution in [0.2, 0.25) is 5.02 Å². The van der Waals surface area contributed by atoms with Gasteiger partial charge in [0.05, 0.1) is 5.02 Å². The van der Waals surface area contributed by atoms with Gasteiger partial charge in [0.25, 0.3) is 0 Å².